The van der Waals surface area contributed by atoms with Crippen molar-refractivity contribution in [2.45, 2.75) is 11.1 Å². The number of primary sulfonamides is 1. The molecule has 1 heterocycles. The maximum atomic E-state index is 12.5. The van der Waals surface area contributed by atoms with E-state index in [1.807, 2.05) is 0 Å². The van der Waals surface area contributed by atoms with Crippen LogP contribution in [0.25, 0.3) is 11.3 Å². The number of hydrogen-bond donors (Lipinski definition) is 1. The van der Waals surface area contributed by atoms with Gasteiger partial charge in [0.25, 0.3) is 0 Å². The minimum atomic E-state index is -4.43. The summed E-state index contributed by atoms with van der Waals surface area (Å²) in [4.78, 5) is 0.148. The van der Waals surface area contributed by atoms with Gasteiger partial charge in [-0.3, -0.25) is 4.68 Å². The van der Waals surface area contributed by atoms with E-state index in [-0.39, 0.29) is 4.90 Å². The Morgan fingerprint density at radius 2 is 1.61 bits per heavy atom. The molecule has 0 saturated heterocycles. The lowest BCUT2D eigenvalue weighted by Crippen LogP contribution is -2.11. The highest BCUT2D eigenvalue weighted by molar-refractivity contribution is 7.89. The highest BCUT2D eigenvalue weighted by Gasteiger charge is 2.34. The Kier molecular flexibility index (Phi) is 6.47. The largest absolute Gasteiger partial charge is 0.497 e. The third kappa shape index (κ3) is 5.57. The van der Waals surface area contributed by atoms with Gasteiger partial charge in [-0.1, -0.05) is 18.2 Å². The second-order valence-corrected chi connectivity index (χ2v) is 7.18. The molecule has 0 aliphatic rings. The van der Waals surface area contributed by atoms with Crippen molar-refractivity contribution in [1.82, 2.24) is 9.78 Å². The second kappa shape index (κ2) is 8.44. The first-order chi connectivity index (χ1) is 13.0. The van der Waals surface area contributed by atoms with E-state index in [1.165, 1.54) is 31.0 Å². The first kappa shape index (κ1) is 21.5. The van der Waals surface area contributed by atoms with Crippen LogP contribution in [0.3, 0.4) is 0 Å². The number of nitrogens with two attached hydrogens (primary N) is 1. The number of hydrogen-bond acceptors (Lipinski definition) is 4. The highest BCUT2D eigenvalue weighted by atomic mass is 32.2. The SMILES string of the molecule is COc1ccc(-c2cc(C(F)(F)F)nn2C)cc1.NS(=O)(=O)c1ccccc1. The maximum Gasteiger partial charge on any atom is 0.435 e. The minimum Gasteiger partial charge on any atom is -0.497 e. The van der Waals surface area contributed by atoms with E-state index < -0.39 is 21.9 Å². The fraction of sp³-hybridized carbons (Fsp3) is 0.167. The molecule has 0 bridgehead atoms. The van der Waals surface area contributed by atoms with Crippen molar-refractivity contribution in [3.05, 3.63) is 66.4 Å². The molecule has 2 aromatic carbocycles. The molecule has 1 aromatic heterocycles. The molecule has 0 unspecified atom stereocenters. The van der Waals surface area contributed by atoms with E-state index in [1.54, 1.807) is 42.5 Å². The van der Waals surface area contributed by atoms with Crippen LogP contribution in [-0.2, 0) is 23.2 Å². The Hall–Kier alpha value is -2.85. The Bertz CT molecular complexity index is 1020. The van der Waals surface area contributed by atoms with Crippen molar-refractivity contribution in [3.8, 4) is 17.0 Å². The third-order valence-electron chi connectivity index (χ3n) is 3.63. The van der Waals surface area contributed by atoms with E-state index >= 15 is 0 Å². The predicted molar refractivity (Wildman–Crippen MR) is 98.0 cm³/mol. The van der Waals surface area contributed by atoms with Gasteiger partial charge in [-0.15, -0.1) is 0 Å². The Morgan fingerprint density at radius 1 is 1.04 bits per heavy atom. The number of alkyl halides is 3. The van der Waals surface area contributed by atoms with Gasteiger partial charge in [-0.2, -0.15) is 18.3 Å². The van der Waals surface area contributed by atoms with Gasteiger partial charge in [0.05, 0.1) is 17.7 Å². The molecular weight excluding hydrogens is 395 g/mol. The number of methoxy groups -OCH3 is 1. The lowest BCUT2D eigenvalue weighted by molar-refractivity contribution is -0.141. The summed E-state index contributed by atoms with van der Waals surface area (Å²) in [5.41, 5.74) is 0.169. The van der Waals surface area contributed by atoms with Gasteiger partial charge in [0.15, 0.2) is 5.69 Å². The number of ether oxygens (including phenoxy) is 1. The van der Waals surface area contributed by atoms with Crippen molar-refractivity contribution in [3.63, 3.8) is 0 Å². The van der Waals surface area contributed by atoms with E-state index in [0.29, 0.717) is 17.0 Å². The first-order valence-electron chi connectivity index (χ1n) is 7.86. The molecule has 0 amide bonds. The lowest BCUT2D eigenvalue weighted by Gasteiger charge is -2.03. The van der Waals surface area contributed by atoms with Gasteiger partial charge in [-0.25, -0.2) is 13.6 Å². The van der Waals surface area contributed by atoms with Crippen LogP contribution in [0.4, 0.5) is 13.2 Å². The minimum absolute atomic E-state index is 0.148. The number of nitrogens with zero attached hydrogens (tertiary/aromatic N) is 2. The molecule has 0 aliphatic carbocycles. The zero-order chi connectivity index (χ0) is 20.9. The number of benzene rings is 2. The quantitative estimate of drug-likeness (QED) is 0.713. The summed E-state index contributed by atoms with van der Waals surface area (Å²) in [6.45, 7) is 0. The van der Waals surface area contributed by atoms with Crippen LogP contribution < -0.4 is 9.88 Å². The summed E-state index contributed by atoms with van der Waals surface area (Å²) in [6, 6.07) is 15.7. The molecule has 0 spiro atoms. The normalized spacial score (nSPS) is 11.5. The molecule has 28 heavy (non-hydrogen) atoms. The number of aryl methyl sites for hydroxylation is 1. The van der Waals surface area contributed by atoms with Gasteiger partial charge in [0.2, 0.25) is 10.0 Å². The molecule has 3 aromatic rings. The van der Waals surface area contributed by atoms with Crippen molar-refractivity contribution in [2.24, 2.45) is 12.2 Å². The molecule has 150 valence electrons. The van der Waals surface area contributed by atoms with Gasteiger partial charge in [0.1, 0.15) is 5.75 Å². The van der Waals surface area contributed by atoms with Gasteiger partial charge in [0, 0.05) is 12.6 Å². The van der Waals surface area contributed by atoms with Crippen molar-refractivity contribution in [2.75, 3.05) is 7.11 Å². The van der Waals surface area contributed by atoms with E-state index in [4.69, 9.17) is 9.88 Å². The summed E-state index contributed by atoms with van der Waals surface area (Å²) in [5, 5.41) is 8.29. The molecule has 0 fully saturated rings. The number of sulfonamides is 1. The van der Waals surface area contributed by atoms with Gasteiger partial charge in [-0.05, 0) is 42.5 Å². The molecule has 0 radical (unpaired) electrons. The fourth-order valence-electron chi connectivity index (χ4n) is 2.25. The summed E-state index contributed by atoms with van der Waals surface area (Å²) in [5.74, 6) is 0.650. The number of aromatic nitrogens is 2. The van der Waals surface area contributed by atoms with Crippen LogP contribution in [-0.4, -0.2) is 25.3 Å². The number of rotatable bonds is 3. The van der Waals surface area contributed by atoms with E-state index in [9.17, 15) is 21.6 Å². The molecule has 10 heteroatoms. The monoisotopic (exact) mass is 413 g/mol. The Labute approximate surface area is 160 Å². The van der Waals surface area contributed by atoms with Crippen LogP contribution in [0, 0.1) is 0 Å². The molecular formula is C18H18F3N3O3S. The molecule has 0 saturated carbocycles. The maximum absolute atomic E-state index is 12.5. The summed E-state index contributed by atoms with van der Waals surface area (Å²) in [6.07, 6.45) is -4.43. The summed E-state index contributed by atoms with van der Waals surface area (Å²) < 4.78 is 65.0. The van der Waals surface area contributed by atoms with Gasteiger partial charge < -0.3 is 4.74 Å². The van der Waals surface area contributed by atoms with Crippen molar-refractivity contribution in [1.29, 1.82) is 0 Å². The molecule has 2 N–H and O–H groups in total. The molecule has 6 nitrogen and oxygen atoms in total. The molecule has 0 aliphatic heterocycles. The smallest absolute Gasteiger partial charge is 0.435 e. The Morgan fingerprint density at radius 3 is 2.00 bits per heavy atom. The lowest BCUT2D eigenvalue weighted by atomic mass is 10.1. The van der Waals surface area contributed by atoms with Crippen LogP contribution in [0.5, 0.6) is 5.75 Å². The second-order valence-electron chi connectivity index (χ2n) is 5.62. The van der Waals surface area contributed by atoms with Crippen molar-refractivity contribution >= 4 is 10.0 Å². The summed E-state index contributed by atoms with van der Waals surface area (Å²) >= 11 is 0. The predicted octanol–water partition coefficient (Wildman–Crippen LogP) is 3.45. The standard InChI is InChI=1S/C12H11F3N2O.C6H7NO2S/c1-17-10(7-11(16-17)12(13,14)15)8-3-5-9(18-2)6-4-8;7-10(8,9)6-4-2-1-3-5-6/h3-7H,1-2H3;1-5H,(H2,7,8,9). The summed E-state index contributed by atoms with van der Waals surface area (Å²) in [7, 11) is -0.493. The van der Waals surface area contributed by atoms with E-state index in [2.05, 4.69) is 5.10 Å². The zero-order valence-corrected chi connectivity index (χ0v) is 15.8. The van der Waals surface area contributed by atoms with Crippen LogP contribution in [0.15, 0.2) is 65.6 Å². The molecule has 3 rings (SSSR count). The Balaban J connectivity index is 0.000000237. The topological polar surface area (TPSA) is 87.2 Å². The average Bonchev–Trinajstić information content (AvgIpc) is 3.05. The fourth-order valence-corrected chi connectivity index (χ4v) is 2.78. The first-order valence-corrected chi connectivity index (χ1v) is 9.40. The average molecular weight is 413 g/mol. The van der Waals surface area contributed by atoms with Crippen LogP contribution >= 0.6 is 0 Å². The third-order valence-corrected chi connectivity index (χ3v) is 4.56. The van der Waals surface area contributed by atoms with Crippen molar-refractivity contribution < 1.29 is 26.3 Å². The van der Waals surface area contributed by atoms with Crippen LogP contribution in [0.1, 0.15) is 5.69 Å². The zero-order valence-electron chi connectivity index (χ0n) is 15.0. The van der Waals surface area contributed by atoms with E-state index in [0.717, 1.165) is 6.07 Å². The number of halogens is 3. The molecule has 0 atom stereocenters. The highest BCUT2D eigenvalue weighted by Crippen LogP contribution is 2.31. The van der Waals surface area contributed by atoms with Gasteiger partial charge >= 0.3 is 6.18 Å². The van der Waals surface area contributed by atoms with Crippen LogP contribution in [0.2, 0.25) is 0 Å².